The minimum Gasteiger partial charge on any atom is -0.380 e. The standard InChI is InChI=1S/C15H21N3/c1-11-7-8-12(10-16)15(9-11)18-14-6-4-2-3-5-13(14)17/h7-9,13-14,18H,2-6,17H2,1H3. The van der Waals surface area contributed by atoms with Crippen molar-refractivity contribution < 1.29 is 0 Å². The Labute approximate surface area is 109 Å². The highest BCUT2D eigenvalue weighted by Crippen LogP contribution is 2.23. The zero-order valence-corrected chi connectivity index (χ0v) is 10.9. The Kier molecular flexibility index (Phi) is 4.22. The lowest BCUT2D eigenvalue weighted by Crippen LogP contribution is -2.39. The molecule has 3 nitrogen and oxygen atoms in total. The number of nitrogens with zero attached hydrogens (tertiary/aromatic N) is 1. The van der Waals surface area contributed by atoms with E-state index in [-0.39, 0.29) is 6.04 Å². The lowest BCUT2D eigenvalue weighted by Gasteiger charge is -2.24. The van der Waals surface area contributed by atoms with E-state index in [1.54, 1.807) is 0 Å². The molecule has 1 aliphatic carbocycles. The highest BCUT2D eigenvalue weighted by atomic mass is 15.0. The number of nitrogens with one attached hydrogen (secondary N) is 1. The maximum Gasteiger partial charge on any atom is 0.101 e. The van der Waals surface area contributed by atoms with Crippen molar-refractivity contribution in [2.24, 2.45) is 5.73 Å². The Morgan fingerprint density at radius 2 is 2.06 bits per heavy atom. The number of hydrogen-bond donors (Lipinski definition) is 2. The van der Waals surface area contributed by atoms with Crippen LogP contribution in [-0.4, -0.2) is 12.1 Å². The molecular weight excluding hydrogens is 222 g/mol. The van der Waals surface area contributed by atoms with Gasteiger partial charge in [-0.2, -0.15) is 5.26 Å². The van der Waals surface area contributed by atoms with Crippen LogP contribution in [0.3, 0.4) is 0 Å². The maximum absolute atomic E-state index is 9.14. The second-order valence-corrected chi connectivity index (χ2v) is 5.21. The van der Waals surface area contributed by atoms with Crippen LogP contribution in [0.1, 0.15) is 43.2 Å². The molecule has 0 amide bonds. The fourth-order valence-electron chi connectivity index (χ4n) is 2.59. The van der Waals surface area contributed by atoms with Gasteiger partial charge in [0.25, 0.3) is 0 Å². The quantitative estimate of drug-likeness (QED) is 0.785. The van der Waals surface area contributed by atoms with E-state index in [0.29, 0.717) is 11.6 Å². The third kappa shape index (κ3) is 3.02. The molecule has 0 aliphatic heterocycles. The average molecular weight is 243 g/mol. The predicted molar refractivity (Wildman–Crippen MR) is 74.4 cm³/mol. The molecule has 0 radical (unpaired) electrons. The molecule has 1 saturated carbocycles. The third-order valence-electron chi connectivity index (χ3n) is 3.71. The highest BCUT2D eigenvalue weighted by molar-refractivity contribution is 5.59. The Balaban J connectivity index is 2.17. The van der Waals surface area contributed by atoms with E-state index in [1.807, 2.05) is 25.1 Å². The molecular formula is C15H21N3. The van der Waals surface area contributed by atoms with E-state index in [4.69, 9.17) is 11.0 Å². The van der Waals surface area contributed by atoms with Gasteiger partial charge in [-0.25, -0.2) is 0 Å². The third-order valence-corrected chi connectivity index (χ3v) is 3.71. The van der Waals surface area contributed by atoms with E-state index in [2.05, 4.69) is 11.4 Å². The van der Waals surface area contributed by atoms with Gasteiger partial charge in [-0.15, -0.1) is 0 Å². The first-order chi connectivity index (χ1) is 8.70. The predicted octanol–water partition coefficient (Wildman–Crippen LogP) is 2.94. The van der Waals surface area contributed by atoms with Crippen molar-refractivity contribution >= 4 is 5.69 Å². The fourth-order valence-corrected chi connectivity index (χ4v) is 2.59. The summed E-state index contributed by atoms with van der Waals surface area (Å²) in [4.78, 5) is 0. The van der Waals surface area contributed by atoms with Gasteiger partial charge < -0.3 is 11.1 Å². The fraction of sp³-hybridized carbons (Fsp3) is 0.533. The minimum atomic E-state index is 0.194. The van der Waals surface area contributed by atoms with Gasteiger partial charge in [0.15, 0.2) is 0 Å². The maximum atomic E-state index is 9.14. The second-order valence-electron chi connectivity index (χ2n) is 5.21. The monoisotopic (exact) mass is 243 g/mol. The summed E-state index contributed by atoms with van der Waals surface area (Å²) in [6, 6.07) is 8.61. The summed E-state index contributed by atoms with van der Waals surface area (Å²) < 4.78 is 0. The summed E-state index contributed by atoms with van der Waals surface area (Å²) in [6.45, 7) is 2.04. The first-order valence-corrected chi connectivity index (χ1v) is 6.73. The zero-order chi connectivity index (χ0) is 13.0. The number of aryl methyl sites for hydroxylation is 1. The van der Waals surface area contributed by atoms with Gasteiger partial charge in [0, 0.05) is 12.1 Å². The van der Waals surface area contributed by atoms with Crippen molar-refractivity contribution in [2.45, 2.75) is 51.1 Å². The second kappa shape index (κ2) is 5.88. The van der Waals surface area contributed by atoms with Gasteiger partial charge >= 0.3 is 0 Å². The van der Waals surface area contributed by atoms with E-state index < -0.39 is 0 Å². The van der Waals surface area contributed by atoms with Crippen molar-refractivity contribution in [3.05, 3.63) is 29.3 Å². The van der Waals surface area contributed by atoms with Gasteiger partial charge in [0.1, 0.15) is 6.07 Å². The van der Waals surface area contributed by atoms with E-state index in [9.17, 15) is 0 Å². The molecule has 0 aromatic heterocycles. The van der Waals surface area contributed by atoms with Gasteiger partial charge in [0.05, 0.1) is 11.3 Å². The average Bonchev–Trinajstić information content (AvgIpc) is 2.55. The van der Waals surface area contributed by atoms with Crippen molar-refractivity contribution in [3.8, 4) is 6.07 Å². The van der Waals surface area contributed by atoms with Crippen LogP contribution in [0.5, 0.6) is 0 Å². The number of benzene rings is 1. The molecule has 96 valence electrons. The smallest absolute Gasteiger partial charge is 0.101 e. The molecule has 0 heterocycles. The normalized spacial score (nSPS) is 24.1. The van der Waals surface area contributed by atoms with Gasteiger partial charge in [-0.05, 0) is 37.5 Å². The first kappa shape index (κ1) is 12.9. The van der Waals surface area contributed by atoms with Crippen LogP contribution < -0.4 is 11.1 Å². The number of anilines is 1. The summed E-state index contributed by atoms with van der Waals surface area (Å²) in [7, 11) is 0. The van der Waals surface area contributed by atoms with Crippen LogP contribution in [-0.2, 0) is 0 Å². The van der Waals surface area contributed by atoms with Crippen LogP contribution >= 0.6 is 0 Å². The molecule has 2 unspecified atom stereocenters. The first-order valence-electron chi connectivity index (χ1n) is 6.73. The Morgan fingerprint density at radius 1 is 1.28 bits per heavy atom. The van der Waals surface area contributed by atoms with Crippen molar-refractivity contribution in [1.29, 1.82) is 5.26 Å². The van der Waals surface area contributed by atoms with Crippen molar-refractivity contribution in [1.82, 2.24) is 0 Å². The zero-order valence-electron chi connectivity index (χ0n) is 10.9. The van der Waals surface area contributed by atoms with Crippen LogP contribution in [0.4, 0.5) is 5.69 Å². The number of nitrogens with two attached hydrogens (primary N) is 1. The Morgan fingerprint density at radius 3 is 2.83 bits per heavy atom. The Hall–Kier alpha value is -1.53. The summed E-state index contributed by atoms with van der Waals surface area (Å²) in [6.07, 6.45) is 5.88. The molecule has 18 heavy (non-hydrogen) atoms. The molecule has 3 heteroatoms. The van der Waals surface area contributed by atoms with Crippen LogP contribution in [0.25, 0.3) is 0 Å². The SMILES string of the molecule is Cc1ccc(C#N)c(NC2CCCCCC2N)c1. The summed E-state index contributed by atoms with van der Waals surface area (Å²) in [5, 5.41) is 12.6. The molecule has 0 bridgehead atoms. The van der Waals surface area contributed by atoms with E-state index >= 15 is 0 Å². The van der Waals surface area contributed by atoms with Gasteiger partial charge in [-0.1, -0.05) is 25.3 Å². The molecule has 0 spiro atoms. The molecule has 1 aromatic carbocycles. The molecule has 1 fully saturated rings. The topological polar surface area (TPSA) is 61.8 Å². The molecule has 3 N–H and O–H groups in total. The molecule has 2 rings (SSSR count). The summed E-state index contributed by atoms with van der Waals surface area (Å²) >= 11 is 0. The van der Waals surface area contributed by atoms with E-state index in [1.165, 1.54) is 24.8 Å². The van der Waals surface area contributed by atoms with E-state index in [0.717, 1.165) is 18.5 Å². The van der Waals surface area contributed by atoms with Crippen LogP contribution in [0, 0.1) is 18.3 Å². The van der Waals surface area contributed by atoms with Crippen LogP contribution in [0.15, 0.2) is 18.2 Å². The molecule has 2 atom stereocenters. The Bertz CT molecular complexity index is 448. The number of nitriles is 1. The highest BCUT2D eigenvalue weighted by Gasteiger charge is 2.20. The lowest BCUT2D eigenvalue weighted by atomic mass is 10.0. The van der Waals surface area contributed by atoms with Gasteiger partial charge in [-0.3, -0.25) is 0 Å². The molecule has 1 aromatic rings. The largest absolute Gasteiger partial charge is 0.380 e. The number of rotatable bonds is 2. The lowest BCUT2D eigenvalue weighted by molar-refractivity contribution is 0.528. The summed E-state index contributed by atoms with van der Waals surface area (Å²) in [5.41, 5.74) is 9.01. The van der Waals surface area contributed by atoms with Gasteiger partial charge in [0.2, 0.25) is 0 Å². The summed E-state index contributed by atoms with van der Waals surface area (Å²) in [5.74, 6) is 0. The van der Waals surface area contributed by atoms with Crippen LogP contribution in [0.2, 0.25) is 0 Å². The minimum absolute atomic E-state index is 0.194. The van der Waals surface area contributed by atoms with Crippen molar-refractivity contribution in [3.63, 3.8) is 0 Å². The number of hydrogen-bond acceptors (Lipinski definition) is 3. The molecule has 0 saturated heterocycles. The van der Waals surface area contributed by atoms with Crippen molar-refractivity contribution in [2.75, 3.05) is 5.32 Å². The molecule has 1 aliphatic rings.